The van der Waals surface area contributed by atoms with E-state index in [2.05, 4.69) is 5.32 Å². The maximum Gasteiger partial charge on any atom is 0.263 e. The van der Waals surface area contributed by atoms with Gasteiger partial charge in [-0.15, -0.1) is 0 Å². The van der Waals surface area contributed by atoms with Gasteiger partial charge in [-0.3, -0.25) is 4.79 Å². The quantitative estimate of drug-likeness (QED) is 0.401. The fraction of sp³-hybridized carbons (Fsp3) is 0.500. The van der Waals surface area contributed by atoms with Crippen molar-refractivity contribution in [3.8, 4) is 17.6 Å². The third-order valence-corrected chi connectivity index (χ3v) is 3.99. The monoisotopic (exact) mass is 391 g/mol. The molecule has 0 spiro atoms. The zero-order valence-corrected chi connectivity index (χ0v) is 17.0. The Morgan fingerprint density at radius 1 is 1.11 bits per heavy atom. The number of ether oxygens (including phenoxy) is 4. The Labute approximate surface area is 166 Å². The van der Waals surface area contributed by atoms with E-state index in [-0.39, 0.29) is 5.57 Å². The summed E-state index contributed by atoms with van der Waals surface area (Å²) in [5, 5.41) is 12.1. The second kappa shape index (κ2) is 13.4. The SMILES string of the molecule is COCCN(/C=C(/C#N)C(=O)NCCc1ccc(OC)c(OC)c1)CCOC. The second-order valence-corrected chi connectivity index (χ2v) is 5.87. The van der Waals surface area contributed by atoms with Gasteiger partial charge in [-0.05, 0) is 24.1 Å². The summed E-state index contributed by atoms with van der Waals surface area (Å²) in [6, 6.07) is 7.55. The maximum atomic E-state index is 12.3. The first-order chi connectivity index (χ1) is 13.6. The molecule has 1 rings (SSSR count). The minimum Gasteiger partial charge on any atom is -0.493 e. The molecule has 28 heavy (non-hydrogen) atoms. The molecule has 0 aliphatic heterocycles. The van der Waals surface area contributed by atoms with Crippen molar-refractivity contribution < 1.29 is 23.7 Å². The number of rotatable bonds is 13. The minimum absolute atomic E-state index is 0.0412. The van der Waals surface area contributed by atoms with Crippen molar-refractivity contribution in [2.24, 2.45) is 0 Å². The van der Waals surface area contributed by atoms with Gasteiger partial charge in [0, 0.05) is 40.1 Å². The number of amides is 1. The molecular formula is C20H29N3O5. The van der Waals surface area contributed by atoms with E-state index in [9.17, 15) is 10.1 Å². The van der Waals surface area contributed by atoms with E-state index in [0.29, 0.717) is 50.8 Å². The second-order valence-electron chi connectivity index (χ2n) is 5.87. The molecule has 0 atom stereocenters. The summed E-state index contributed by atoms with van der Waals surface area (Å²) < 4.78 is 20.6. The van der Waals surface area contributed by atoms with Crippen LogP contribution in [-0.2, 0) is 20.7 Å². The Kier molecular flexibility index (Phi) is 11.2. The molecule has 0 heterocycles. The molecule has 0 aliphatic carbocycles. The molecule has 0 aliphatic rings. The molecule has 1 aromatic rings. The highest BCUT2D eigenvalue weighted by molar-refractivity contribution is 5.97. The van der Waals surface area contributed by atoms with Gasteiger partial charge in [-0.2, -0.15) is 5.26 Å². The zero-order valence-electron chi connectivity index (χ0n) is 17.0. The Bertz CT molecular complexity index is 677. The number of benzene rings is 1. The standard InChI is InChI=1S/C20H29N3O5/c1-25-11-9-23(10-12-26-2)15-17(14-21)20(24)22-8-7-16-5-6-18(27-3)19(13-16)28-4/h5-6,13,15H,7-12H2,1-4H3,(H,22,24)/b17-15-. The molecule has 8 heteroatoms. The first kappa shape index (κ1) is 23.3. The summed E-state index contributed by atoms with van der Waals surface area (Å²) in [6.07, 6.45) is 2.14. The van der Waals surface area contributed by atoms with Gasteiger partial charge in [0.2, 0.25) is 0 Å². The predicted molar refractivity (Wildman–Crippen MR) is 105 cm³/mol. The van der Waals surface area contributed by atoms with Crippen LogP contribution in [0.25, 0.3) is 0 Å². The summed E-state index contributed by atoms with van der Waals surface area (Å²) in [7, 11) is 6.36. The van der Waals surface area contributed by atoms with Crippen LogP contribution in [0.5, 0.6) is 11.5 Å². The number of methoxy groups -OCH3 is 4. The van der Waals surface area contributed by atoms with E-state index in [0.717, 1.165) is 5.56 Å². The van der Waals surface area contributed by atoms with Crippen molar-refractivity contribution in [1.82, 2.24) is 10.2 Å². The fourth-order valence-corrected chi connectivity index (χ4v) is 2.43. The number of nitriles is 1. The van der Waals surface area contributed by atoms with Gasteiger partial charge in [0.05, 0.1) is 27.4 Å². The number of hydrogen-bond donors (Lipinski definition) is 1. The Hall–Kier alpha value is -2.76. The first-order valence-corrected chi connectivity index (χ1v) is 8.92. The smallest absolute Gasteiger partial charge is 0.263 e. The van der Waals surface area contributed by atoms with E-state index in [1.807, 2.05) is 29.2 Å². The highest BCUT2D eigenvalue weighted by Gasteiger charge is 2.11. The number of carbonyl (C=O) groups excluding carboxylic acids is 1. The van der Waals surface area contributed by atoms with Gasteiger partial charge in [0.15, 0.2) is 11.5 Å². The van der Waals surface area contributed by atoms with Crippen LogP contribution in [0.4, 0.5) is 0 Å². The van der Waals surface area contributed by atoms with E-state index < -0.39 is 5.91 Å². The van der Waals surface area contributed by atoms with Gasteiger partial charge < -0.3 is 29.2 Å². The largest absolute Gasteiger partial charge is 0.493 e. The predicted octanol–water partition coefficient (Wildman–Crippen LogP) is 1.36. The molecule has 0 unspecified atom stereocenters. The number of nitrogens with zero attached hydrogens (tertiary/aromatic N) is 2. The lowest BCUT2D eigenvalue weighted by atomic mass is 10.1. The van der Waals surface area contributed by atoms with Crippen molar-refractivity contribution >= 4 is 5.91 Å². The Morgan fingerprint density at radius 3 is 2.29 bits per heavy atom. The van der Waals surface area contributed by atoms with Crippen molar-refractivity contribution in [3.63, 3.8) is 0 Å². The average Bonchev–Trinajstić information content (AvgIpc) is 2.72. The van der Waals surface area contributed by atoms with Crippen LogP contribution in [0, 0.1) is 11.3 Å². The van der Waals surface area contributed by atoms with Crippen LogP contribution >= 0.6 is 0 Å². The van der Waals surface area contributed by atoms with Crippen LogP contribution in [0.3, 0.4) is 0 Å². The third-order valence-electron chi connectivity index (χ3n) is 3.99. The van der Waals surface area contributed by atoms with Crippen molar-refractivity contribution in [1.29, 1.82) is 5.26 Å². The van der Waals surface area contributed by atoms with Gasteiger partial charge in [0.25, 0.3) is 5.91 Å². The molecule has 1 N–H and O–H groups in total. The third kappa shape index (κ3) is 7.86. The zero-order chi connectivity index (χ0) is 20.8. The molecule has 1 aromatic carbocycles. The van der Waals surface area contributed by atoms with Gasteiger partial charge in [0.1, 0.15) is 11.6 Å². The molecule has 1 amide bonds. The molecule has 0 saturated carbocycles. The normalized spacial score (nSPS) is 10.9. The topological polar surface area (TPSA) is 93.1 Å². The van der Waals surface area contributed by atoms with Gasteiger partial charge >= 0.3 is 0 Å². The van der Waals surface area contributed by atoms with Crippen LogP contribution < -0.4 is 14.8 Å². The van der Waals surface area contributed by atoms with Crippen LogP contribution in [-0.4, -0.2) is 72.1 Å². The summed E-state index contributed by atoms with van der Waals surface area (Å²) in [4.78, 5) is 14.2. The summed E-state index contributed by atoms with van der Waals surface area (Å²) in [5.41, 5.74) is 1.03. The van der Waals surface area contributed by atoms with Crippen molar-refractivity contribution in [3.05, 3.63) is 35.5 Å². The minimum atomic E-state index is -0.414. The molecular weight excluding hydrogens is 362 g/mol. The molecule has 0 bridgehead atoms. The summed E-state index contributed by atoms with van der Waals surface area (Å²) >= 11 is 0. The lowest BCUT2D eigenvalue weighted by Crippen LogP contribution is -2.30. The first-order valence-electron chi connectivity index (χ1n) is 8.92. The number of nitrogens with one attached hydrogen (secondary N) is 1. The molecule has 154 valence electrons. The van der Waals surface area contributed by atoms with E-state index in [1.54, 1.807) is 34.6 Å². The van der Waals surface area contributed by atoms with Gasteiger partial charge in [-0.1, -0.05) is 6.07 Å². The Balaban J connectivity index is 2.66. The van der Waals surface area contributed by atoms with Gasteiger partial charge in [-0.25, -0.2) is 0 Å². The fourth-order valence-electron chi connectivity index (χ4n) is 2.43. The highest BCUT2D eigenvalue weighted by Crippen LogP contribution is 2.27. The lowest BCUT2D eigenvalue weighted by molar-refractivity contribution is -0.117. The molecule has 0 radical (unpaired) electrons. The lowest BCUT2D eigenvalue weighted by Gasteiger charge is -2.20. The Morgan fingerprint density at radius 2 is 1.75 bits per heavy atom. The van der Waals surface area contributed by atoms with Crippen molar-refractivity contribution in [2.45, 2.75) is 6.42 Å². The molecule has 0 fully saturated rings. The van der Waals surface area contributed by atoms with E-state index in [4.69, 9.17) is 18.9 Å². The summed E-state index contributed by atoms with van der Waals surface area (Å²) in [6.45, 7) is 2.48. The van der Waals surface area contributed by atoms with Crippen molar-refractivity contribution in [2.75, 3.05) is 61.3 Å². The van der Waals surface area contributed by atoms with E-state index >= 15 is 0 Å². The molecule has 8 nitrogen and oxygen atoms in total. The highest BCUT2D eigenvalue weighted by atomic mass is 16.5. The summed E-state index contributed by atoms with van der Waals surface area (Å²) in [5.74, 6) is 0.871. The molecule has 0 aromatic heterocycles. The number of hydrogen-bond acceptors (Lipinski definition) is 7. The molecule has 0 saturated heterocycles. The maximum absolute atomic E-state index is 12.3. The average molecular weight is 391 g/mol. The van der Waals surface area contributed by atoms with Crippen LogP contribution in [0.15, 0.2) is 30.0 Å². The van der Waals surface area contributed by atoms with Crippen LogP contribution in [0.1, 0.15) is 5.56 Å². The number of carbonyl (C=O) groups is 1. The van der Waals surface area contributed by atoms with Crippen LogP contribution in [0.2, 0.25) is 0 Å². The van der Waals surface area contributed by atoms with E-state index in [1.165, 1.54) is 0 Å².